The molecule has 0 radical (unpaired) electrons. The highest BCUT2D eigenvalue weighted by atomic mass is 32.2. The summed E-state index contributed by atoms with van der Waals surface area (Å²) in [4.78, 5) is 0.791. The molecule has 0 aromatic heterocycles. The molecule has 1 aromatic rings. The Morgan fingerprint density at radius 1 is 1.25 bits per heavy atom. The Bertz CT molecular complexity index is 459. The van der Waals surface area contributed by atoms with Crippen molar-refractivity contribution in [3.8, 4) is 11.5 Å². The minimum atomic E-state index is -1.02. The Morgan fingerprint density at radius 2 is 2.00 bits per heavy atom. The minimum absolute atomic E-state index is 0.224. The van der Waals surface area contributed by atoms with Gasteiger partial charge in [0.15, 0.2) is 11.5 Å². The first-order chi connectivity index (χ1) is 9.66. The molecule has 0 unspecified atom stereocenters. The van der Waals surface area contributed by atoms with Crippen molar-refractivity contribution in [2.24, 2.45) is 0 Å². The number of rotatable bonds is 6. The van der Waals surface area contributed by atoms with Gasteiger partial charge in [-0.25, -0.2) is 0 Å². The van der Waals surface area contributed by atoms with E-state index in [1.807, 2.05) is 32.0 Å². The highest BCUT2D eigenvalue weighted by Crippen LogP contribution is 2.31. The topological polar surface area (TPSA) is 44.8 Å². The first kappa shape index (κ1) is 15.3. The number of hydrogen-bond acceptors (Lipinski definition) is 4. The van der Waals surface area contributed by atoms with E-state index in [9.17, 15) is 4.21 Å². The van der Waals surface area contributed by atoms with Gasteiger partial charge in [0.25, 0.3) is 0 Å². The van der Waals surface area contributed by atoms with Crippen molar-refractivity contribution in [2.75, 3.05) is 25.6 Å². The van der Waals surface area contributed by atoms with E-state index in [0.29, 0.717) is 31.3 Å². The molecular weight excluding hydrogens is 276 g/mol. The number of ether oxygens (including phenoxy) is 3. The molecule has 1 aliphatic rings. The second-order valence-corrected chi connectivity index (χ2v) is 6.55. The first-order valence-electron chi connectivity index (χ1n) is 7.06. The predicted molar refractivity (Wildman–Crippen MR) is 79.0 cm³/mol. The first-order valence-corrected chi connectivity index (χ1v) is 8.38. The molecule has 0 N–H and O–H groups in total. The Balaban J connectivity index is 1.91. The highest BCUT2D eigenvalue weighted by Gasteiger charge is 2.13. The molecule has 5 heteroatoms. The second kappa shape index (κ2) is 7.64. The number of benzene rings is 1. The van der Waals surface area contributed by atoms with Crippen molar-refractivity contribution >= 4 is 10.8 Å². The summed E-state index contributed by atoms with van der Waals surface area (Å²) in [5, 5.41) is 0. The molecule has 1 aliphatic heterocycles. The van der Waals surface area contributed by atoms with Crippen LogP contribution < -0.4 is 9.47 Å². The van der Waals surface area contributed by atoms with Gasteiger partial charge in [0.1, 0.15) is 0 Å². The van der Waals surface area contributed by atoms with Crippen molar-refractivity contribution in [1.29, 1.82) is 0 Å². The van der Waals surface area contributed by atoms with E-state index in [0.717, 1.165) is 23.5 Å². The Morgan fingerprint density at radius 3 is 2.75 bits per heavy atom. The van der Waals surface area contributed by atoms with E-state index in [-0.39, 0.29) is 6.10 Å². The van der Waals surface area contributed by atoms with Crippen molar-refractivity contribution in [2.45, 2.75) is 37.7 Å². The van der Waals surface area contributed by atoms with Gasteiger partial charge in [0, 0.05) is 29.7 Å². The average molecular weight is 298 g/mol. The molecule has 1 atom stereocenters. The number of hydrogen-bond donors (Lipinski definition) is 0. The lowest BCUT2D eigenvalue weighted by Crippen LogP contribution is -2.07. The van der Waals surface area contributed by atoms with Crippen LogP contribution in [0.3, 0.4) is 0 Å². The van der Waals surface area contributed by atoms with Gasteiger partial charge in [0.05, 0.1) is 30.1 Å². The molecule has 0 saturated carbocycles. The van der Waals surface area contributed by atoms with Crippen LogP contribution in [0.5, 0.6) is 11.5 Å². The van der Waals surface area contributed by atoms with Crippen molar-refractivity contribution in [3.63, 3.8) is 0 Å². The standard InChI is InChI=1S/C15H22O4S/c1-12(2)17-9-4-10-20(16)13-5-6-14-15(11-13)19-8-3-7-18-14/h5-6,11-12H,3-4,7-10H2,1-2H3/t20-/m0/s1. The van der Waals surface area contributed by atoms with E-state index in [1.165, 1.54) is 0 Å². The molecular formula is C15H22O4S. The van der Waals surface area contributed by atoms with Crippen molar-refractivity contribution in [3.05, 3.63) is 18.2 Å². The lowest BCUT2D eigenvalue weighted by Gasteiger charge is -2.10. The molecule has 0 bridgehead atoms. The maximum absolute atomic E-state index is 12.2. The molecule has 20 heavy (non-hydrogen) atoms. The van der Waals surface area contributed by atoms with E-state index in [1.54, 1.807) is 0 Å². The summed E-state index contributed by atoms with van der Waals surface area (Å²) in [5.74, 6) is 2.05. The van der Waals surface area contributed by atoms with Gasteiger partial charge in [-0.3, -0.25) is 4.21 Å². The third kappa shape index (κ3) is 4.49. The van der Waals surface area contributed by atoms with Crippen LogP contribution in [0.1, 0.15) is 26.7 Å². The normalized spacial score (nSPS) is 15.9. The van der Waals surface area contributed by atoms with Crippen LogP contribution in [0.25, 0.3) is 0 Å². The summed E-state index contributed by atoms with van der Waals surface area (Å²) >= 11 is 0. The summed E-state index contributed by atoms with van der Waals surface area (Å²) in [7, 11) is -1.02. The van der Waals surface area contributed by atoms with Gasteiger partial charge in [-0.05, 0) is 32.4 Å². The Labute approximate surface area is 122 Å². The van der Waals surface area contributed by atoms with Gasteiger partial charge in [-0.15, -0.1) is 0 Å². The van der Waals surface area contributed by atoms with Crippen molar-refractivity contribution in [1.82, 2.24) is 0 Å². The van der Waals surface area contributed by atoms with Crippen LogP contribution in [0.15, 0.2) is 23.1 Å². The van der Waals surface area contributed by atoms with Gasteiger partial charge in [-0.1, -0.05) is 0 Å². The summed E-state index contributed by atoms with van der Waals surface area (Å²) in [6, 6.07) is 5.53. The van der Waals surface area contributed by atoms with Gasteiger partial charge in [0.2, 0.25) is 0 Å². The molecule has 0 aliphatic carbocycles. The number of fused-ring (bicyclic) bond motifs is 1. The Kier molecular flexibility index (Phi) is 5.86. The lowest BCUT2D eigenvalue weighted by atomic mass is 10.3. The van der Waals surface area contributed by atoms with Crippen LogP contribution in [0, 0.1) is 0 Å². The van der Waals surface area contributed by atoms with Gasteiger partial charge < -0.3 is 14.2 Å². The quantitative estimate of drug-likeness (QED) is 0.758. The summed E-state index contributed by atoms with van der Waals surface area (Å²) < 4.78 is 28.9. The molecule has 1 aromatic carbocycles. The van der Waals surface area contributed by atoms with Crippen LogP contribution in [0.2, 0.25) is 0 Å². The second-order valence-electron chi connectivity index (χ2n) is 4.98. The third-order valence-electron chi connectivity index (χ3n) is 2.91. The zero-order chi connectivity index (χ0) is 14.4. The smallest absolute Gasteiger partial charge is 0.162 e. The van der Waals surface area contributed by atoms with E-state index in [4.69, 9.17) is 14.2 Å². The third-order valence-corrected chi connectivity index (χ3v) is 4.35. The molecule has 0 saturated heterocycles. The SMILES string of the molecule is CC(C)OCCC[S@](=O)c1ccc2c(c1)OCCCO2. The van der Waals surface area contributed by atoms with Gasteiger partial charge >= 0.3 is 0 Å². The average Bonchev–Trinajstić information content (AvgIpc) is 2.67. The fraction of sp³-hybridized carbons (Fsp3) is 0.600. The largest absolute Gasteiger partial charge is 0.490 e. The molecule has 0 amide bonds. The highest BCUT2D eigenvalue weighted by molar-refractivity contribution is 7.85. The molecule has 1 heterocycles. The summed E-state index contributed by atoms with van der Waals surface area (Å²) in [6.07, 6.45) is 1.89. The lowest BCUT2D eigenvalue weighted by molar-refractivity contribution is 0.0798. The van der Waals surface area contributed by atoms with Crippen LogP contribution in [-0.4, -0.2) is 35.9 Å². The monoisotopic (exact) mass is 298 g/mol. The van der Waals surface area contributed by atoms with E-state index in [2.05, 4.69) is 0 Å². The van der Waals surface area contributed by atoms with Crippen LogP contribution in [0.4, 0.5) is 0 Å². The maximum atomic E-state index is 12.2. The summed E-state index contributed by atoms with van der Waals surface area (Å²) in [6.45, 7) is 5.96. The fourth-order valence-electron chi connectivity index (χ4n) is 1.91. The molecule has 4 nitrogen and oxygen atoms in total. The predicted octanol–water partition coefficient (Wildman–Crippen LogP) is 2.77. The molecule has 112 valence electrons. The van der Waals surface area contributed by atoms with E-state index >= 15 is 0 Å². The van der Waals surface area contributed by atoms with Crippen molar-refractivity contribution < 1.29 is 18.4 Å². The Hall–Kier alpha value is -1.07. The fourth-order valence-corrected chi connectivity index (χ4v) is 2.99. The van der Waals surface area contributed by atoms with Crippen LogP contribution in [-0.2, 0) is 15.5 Å². The van der Waals surface area contributed by atoms with Crippen LogP contribution >= 0.6 is 0 Å². The van der Waals surface area contributed by atoms with E-state index < -0.39 is 10.8 Å². The zero-order valence-electron chi connectivity index (χ0n) is 12.1. The summed E-state index contributed by atoms with van der Waals surface area (Å²) in [5.41, 5.74) is 0. The maximum Gasteiger partial charge on any atom is 0.162 e. The molecule has 0 spiro atoms. The molecule has 2 rings (SSSR count). The minimum Gasteiger partial charge on any atom is -0.490 e. The zero-order valence-corrected chi connectivity index (χ0v) is 12.9. The van der Waals surface area contributed by atoms with Gasteiger partial charge in [-0.2, -0.15) is 0 Å². The molecule has 0 fully saturated rings.